The van der Waals surface area contributed by atoms with E-state index in [2.05, 4.69) is 21.2 Å². The zero-order valence-electron chi connectivity index (χ0n) is 8.63. The molecule has 0 fully saturated rings. The lowest BCUT2D eigenvalue weighted by atomic mass is 10.1. The Morgan fingerprint density at radius 1 is 1.69 bits per heavy atom. The maximum atomic E-state index is 13.0. The highest BCUT2D eigenvalue weighted by Gasteiger charge is 2.14. The van der Waals surface area contributed by atoms with Gasteiger partial charge in [0.15, 0.2) is 0 Å². The molecule has 0 aliphatic rings. The highest BCUT2D eigenvalue weighted by molar-refractivity contribution is 9.10. The van der Waals surface area contributed by atoms with Crippen LogP contribution in [-0.4, -0.2) is 23.7 Å². The zero-order valence-corrected chi connectivity index (χ0v) is 10.2. The molecule has 0 saturated carbocycles. The molecule has 4 N–H and O–H groups in total. The van der Waals surface area contributed by atoms with Crippen LogP contribution in [0.3, 0.4) is 0 Å². The molecule has 0 heterocycles. The summed E-state index contributed by atoms with van der Waals surface area (Å²) in [6, 6.07) is 2.01. The Labute approximate surface area is 101 Å². The number of aliphatic hydroxyl groups is 1. The van der Waals surface area contributed by atoms with Gasteiger partial charge in [0.25, 0.3) is 5.91 Å². The van der Waals surface area contributed by atoms with Gasteiger partial charge in [0.2, 0.25) is 0 Å². The number of nitrogen functional groups attached to an aromatic ring is 1. The smallest absolute Gasteiger partial charge is 0.252 e. The molecule has 0 unspecified atom stereocenters. The monoisotopic (exact) mass is 290 g/mol. The Bertz CT molecular complexity index is 412. The molecule has 1 atom stereocenters. The van der Waals surface area contributed by atoms with Gasteiger partial charge in [-0.15, -0.1) is 0 Å². The molecule has 88 valence electrons. The summed E-state index contributed by atoms with van der Waals surface area (Å²) in [5.74, 6) is -1.00. The van der Waals surface area contributed by atoms with Gasteiger partial charge in [-0.3, -0.25) is 4.79 Å². The molecular weight excluding hydrogens is 279 g/mol. The number of rotatable bonds is 3. The lowest BCUT2D eigenvalue weighted by molar-refractivity contribution is 0.0921. The van der Waals surface area contributed by atoms with Gasteiger partial charge in [0.05, 0.1) is 17.9 Å². The fraction of sp³-hybridized carbons (Fsp3) is 0.300. The van der Waals surface area contributed by atoms with Crippen LogP contribution in [0.25, 0.3) is 0 Å². The Balaban J connectivity index is 2.96. The normalized spacial score (nSPS) is 12.2. The molecule has 0 spiro atoms. The maximum Gasteiger partial charge on any atom is 0.252 e. The number of hydrogen-bond acceptors (Lipinski definition) is 3. The molecule has 4 nitrogen and oxygen atoms in total. The average Bonchev–Trinajstić information content (AvgIpc) is 2.23. The number of nitrogens with one attached hydrogen (secondary N) is 1. The first-order chi connectivity index (χ1) is 7.45. The number of carbonyl (C=O) groups is 1. The molecule has 16 heavy (non-hydrogen) atoms. The zero-order chi connectivity index (χ0) is 12.3. The molecule has 0 aromatic heterocycles. The molecule has 1 amide bonds. The predicted octanol–water partition coefficient (Wildman–Crippen LogP) is 1.28. The van der Waals surface area contributed by atoms with E-state index in [-0.39, 0.29) is 23.9 Å². The van der Waals surface area contributed by atoms with Gasteiger partial charge in [-0.2, -0.15) is 0 Å². The Hall–Kier alpha value is -1.14. The molecule has 0 saturated heterocycles. The van der Waals surface area contributed by atoms with Crippen LogP contribution in [0.15, 0.2) is 16.6 Å². The third-order valence-electron chi connectivity index (χ3n) is 1.98. The highest BCUT2D eigenvalue weighted by Crippen LogP contribution is 2.22. The average molecular weight is 291 g/mol. The molecule has 0 aliphatic heterocycles. The van der Waals surface area contributed by atoms with Gasteiger partial charge in [0, 0.05) is 10.5 Å². The topological polar surface area (TPSA) is 75.3 Å². The molecule has 6 heteroatoms. The van der Waals surface area contributed by atoms with Crippen molar-refractivity contribution in [1.82, 2.24) is 5.32 Å². The fourth-order valence-corrected chi connectivity index (χ4v) is 1.58. The molecule has 0 aliphatic carbocycles. The van der Waals surface area contributed by atoms with Crippen molar-refractivity contribution in [2.45, 2.75) is 13.0 Å². The maximum absolute atomic E-state index is 13.0. The van der Waals surface area contributed by atoms with E-state index in [0.717, 1.165) is 6.07 Å². The highest BCUT2D eigenvalue weighted by atomic mass is 79.9. The van der Waals surface area contributed by atoms with Gasteiger partial charge in [0.1, 0.15) is 5.82 Å². The SMILES string of the molecule is C[C@@H](CO)NC(=O)c1cc(N)c(F)cc1Br. The molecule has 0 radical (unpaired) electrons. The minimum atomic E-state index is -0.585. The van der Waals surface area contributed by atoms with Crippen molar-refractivity contribution in [3.05, 3.63) is 28.0 Å². The summed E-state index contributed by atoms with van der Waals surface area (Å²) in [7, 11) is 0. The quantitative estimate of drug-likeness (QED) is 0.734. The summed E-state index contributed by atoms with van der Waals surface area (Å²) in [5, 5.41) is 11.3. The van der Waals surface area contributed by atoms with Crippen molar-refractivity contribution in [3.8, 4) is 0 Å². The molecular formula is C10H12BrFN2O2. The fourth-order valence-electron chi connectivity index (χ4n) is 1.09. The van der Waals surface area contributed by atoms with E-state index >= 15 is 0 Å². The summed E-state index contributed by atoms with van der Waals surface area (Å²) >= 11 is 3.07. The van der Waals surface area contributed by atoms with Gasteiger partial charge in [-0.1, -0.05) is 0 Å². The van der Waals surface area contributed by atoms with E-state index in [4.69, 9.17) is 10.8 Å². The summed E-state index contributed by atoms with van der Waals surface area (Å²) in [6.07, 6.45) is 0. The lowest BCUT2D eigenvalue weighted by Gasteiger charge is -2.12. The van der Waals surface area contributed by atoms with Crippen LogP contribution in [0, 0.1) is 5.82 Å². The van der Waals surface area contributed by atoms with E-state index in [1.165, 1.54) is 6.07 Å². The van der Waals surface area contributed by atoms with E-state index in [1.807, 2.05) is 0 Å². The number of amides is 1. The van der Waals surface area contributed by atoms with Crippen LogP contribution < -0.4 is 11.1 Å². The molecule has 1 aromatic carbocycles. The summed E-state index contributed by atoms with van der Waals surface area (Å²) in [6.45, 7) is 1.48. The van der Waals surface area contributed by atoms with Crippen molar-refractivity contribution in [3.63, 3.8) is 0 Å². The number of carbonyl (C=O) groups excluding carboxylic acids is 1. The second-order valence-electron chi connectivity index (χ2n) is 3.41. The van der Waals surface area contributed by atoms with Crippen LogP contribution >= 0.6 is 15.9 Å². The number of benzene rings is 1. The van der Waals surface area contributed by atoms with Crippen molar-refractivity contribution in [2.75, 3.05) is 12.3 Å². The van der Waals surface area contributed by atoms with E-state index in [1.54, 1.807) is 6.92 Å². The van der Waals surface area contributed by atoms with Crippen LogP contribution in [0.2, 0.25) is 0 Å². The van der Waals surface area contributed by atoms with Crippen LogP contribution in [-0.2, 0) is 0 Å². The summed E-state index contributed by atoms with van der Waals surface area (Å²) in [5.41, 5.74) is 5.51. The Kier molecular flexibility index (Phi) is 4.26. The molecule has 1 aromatic rings. The second-order valence-corrected chi connectivity index (χ2v) is 4.26. The van der Waals surface area contributed by atoms with E-state index in [9.17, 15) is 9.18 Å². The Morgan fingerprint density at radius 3 is 2.88 bits per heavy atom. The standard InChI is InChI=1S/C10H12BrFN2O2/c1-5(4-15)14-10(16)6-2-9(13)8(12)3-7(6)11/h2-3,5,15H,4,13H2,1H3,(H,14,16)/t5-/m0/s1. The van der Waals surface area contributed by atoms with Crippen molar-refractivity contribution in [1.29, 1.82) is 0 Å². The van der Waals surface area contributed by atoms with Crippen molar-refractivity contribution >= 4 is 27.5 Å². The number of nitrogens with two attached hydrogens (primary N) is 1. The first kappa shape index (κ1) is 12.9. The number of hydrogen-bond donors (Lipinski definition) is 3. The van der Waals surface area contributed by atoms with Gasteiger partial charge < -0.3 is 16.2 Å². The van der Waals surface area contributed by atoms with Crippen molar-refractivity contribution < 1.29 is 14.3 Å². The minimum Gasteiger partial charge on any atom is -0.396 e. The number of aliphatic hydroxyl groups excluding tert-OH is 1. The van der Waals surface area contributed by atoms with Gasteiger partial charge in [-0.25, -0.2) is 4.39 Å². The predicted molar refractivity (Wildman–Crippen MR) is 62.5 cm³/mol. The van der Waals surface area contributed by atoms with Crippen LogP contribution in [0.1, 0.15) is 17.3 Å². The molecule has 1 rings (SSSR count). The largest absolute Gasteiger partial charge is 0.396 e. The summed E-state index contributed by atoms with van der Waals surface area (Å²) in [4.78, 5) is 11.7. The first-order valence-electron chi connectivity index (χ1n) is 4.62. The molecule has 0 bridgehead atoms. The first-order valence-corrected chi connectivity index (χ1v) is 5.41. The van der Waals surface area contributed by atoms with Crippen LogP contribution in [0.5, 0.6) is 0 Å². The van der Waals surface area contributed by atoms with Crippen LogP contribution in [0.4, 0.5) is 10.1 Å². The summed E-state index contributed by atoms with van der Waals surface area (Å²) < 4.78 is 13.3. The number of anilines is 1. The Morgan fingerprint density at radius 2 is 2.31 bits per heavy atom. The van der Waals surface area contributed by atoms with E-state index in [0.29, 0.717) is 4.47 Å². The minimum absolute atomic E-state index is 0.0926. The lowest BCUT2D eigenvalue weighted by Crippen LogP contribution is -2.35. The van der Waals surface area contributed by atoms with Crippen molar-refractivity contribution in [2.24, 2.45) is 0 Å². The van der Waals surface area contributed by atoms with Gasteiger partial charge in [-0.05, 0) is 35.0 Å². The third kappa shape index (κ3) is 2.93. The number of halogens is 2. The second kappa shape index (κ2) is 5.27. The van der Waals surface area contributed by atoms with Gasteiger partial charge >= 0.3 is 0 Å². The third-order valence-corrected chi connectivity index (χ3v) is 2.64. The van der Waals surface area contributed by atoms with E-state index < -0.39 is 11.7 Å².